The Morgan fingerprint density at radius 2 is 1.60 bits per heavy atom. The van der Waals surface area contributed by atoms with Crippen LogP contribution >= 0.6 is 0 Å². The fourth-order valence-electron chi connectivity index (χ4n) is 3.00. The Morgan fingerprint density at radius 3 is 2.15 bits per heavy atom. The maximum atomic E-state index is 12.3. The second-order valence-corrected chi connectivity index (χ2v) is 5.66. The van der Waals surface area contributed by atoms with Crippen LogP contribution in [0.2, 0.25) is 0 Å². The molecule has 2 aliphatic rings. The Bertz CT molecular complexity index is 347. The molecule has 0 aromatic rings. The molecule has 20 heavy (non-hydrogen) atoms. The first-order valence-electron chi connectivity index (χ1n) is 7.64. The average Bonchev–Trinajstić information content (AvgIpc) is 3.00. The lowest BCUT2D eigenvalue weighted by Crippen LogP contribution is -2.55. The van der Waals surface area contributed by atoms with Crippen molar-refractivity contribution < 1.29 is 9.59 Å². The Hall–Kier alpha value is -1.14. The molecule has 114 valence electrons. The minimum atomic E-state index is -0.0696. The molecular formula is C14H26N4O2. The van der Waals surface area contributed by atoms with Gasteiger partial charge < -0.3 is 15.5 Å². The number of hydrogen-bond acceptors (Lipinski definition) is 4. The molecule has 2 amide bonds. The molecule has 0 aliphatic carbocycles. The van der Waals surface area contributed by atoms with Gasteiger partial charge in [-0.25, -0.2) is 0 Å². The zero-order chi connectivity index (χ0) is 14.5. The summed E-state index contributed by atoms with van der Waals surface area (Å²) in [6.07, 6.45) is 2.67. The van der Waals surface area contributed by atoms with Gasteiger partial charge in [0.25, 0.3) is 0 Å². The van der Waals surface area contributed by atoms with Crippen molar-refractivity contribution in [3.63, 3.8) is 0 Å². The zero-order valence-corrected chi connectivity index (χ0v) is 12.4. The van der Waals surface area contributed by atoms with Gasteiger partial charge in [-0.05, 0) is 19.8 Å². The summed E-state index contributed by atoms with van der Waals surface area (Å²) < 4.78 is 0. The van der Waals surface area contributed by atoms with E-state index in [1.807, 2.05) is 16.7 Å². The van der Waals surface area contributed by atoms with Crippen LogP contribution in [0.3, 0.4) is 0 Å². The van der Waals surface area contributed by atoms with Crippen LogP contribution in [-0.4, -0.2) is 78.4 Å². The lowest BCUT2D eigenvalue weighted by Gasteiger charge is -2.38. The van der Waals surface area contributed by atoms with Crippen molar-refractivity contribution in [2.45, 2.75) is 32.2 Å². The molecule has 2 heterocycles. The number of carbonyl (C=O) groups excluding carboxylic acids is 2. The van der Waals surface area contributed by atoms with Gasteiger partial charge in [0.15, 0.2) is 0 Å². The summed E-state index contributed by atoms with van der Waals surface area (Å²) in [6.45, 7) is 7.15. The maximum Gasteiger partial charge on any atom is 0.239 e. The average molecular weight is 282 g/mol. The van der Waals surface area contributed by atoms with Crippen LogP contribution in [0.15, 0.2) is 0 Å². The SMILES string of the molecule is CC(C(=O)N1CCCC1)N1CCN(C(=O)CCN)CC1. The predicted octanol–water partition coefficient (Wildman–Crippen LogP) is -0.510. The second-order valence-electron chi connectivity index (χ2n) is 5.66. The Kier molecular flexibility index (Phi) is 5.37. The number of nitrogens with zero attached hydrogens (tertiary/aromatic N) is 3. The zero-order valence-electron chi connectivity index (χ0n) is 12.4. The van der Waals surface area contributed by atoms with Crippen LogP contribution in [0.1, 0.15) is 26.2 Å². The van der Waals surface area contributed by atoms with E-state index in [1.165, 1.54) is 0 Å². The molecule has 2 N–H and O–H groups in total. The van der Waals surface area contributed by atoms with Gasteiger partial charge >= 0.3 is 0 Å². The highest BCUT2D eigenvalue weighted by Gasteiger charge is 2.30. The first kappa shape index (κ1) is 15.3. The summed E-state index contributed by atoms with van der Waals surface area (Å²) in [6, 6.07) is -0.0696. The molecular weight excluding hydrogens is 256 g/mol. The highest BCUT2D eigenvalue weighted by molar-refractivity contribution is 5.81. The van der Waals surface area contributed by atoms with Crippen LogP contribution in [0.5, 0.6) is 0 Å². The second kappa shape index (κ2) is 7.04. The highest BCUT2D eigenvalue weighted by Crippen LogP contribution is 2.14. The van der Waals surface area contributed by atoms with E-state index in [1.54, 1.807) is 0 Å². The van der Waals surface area contributed by atoms with E-state index in [2.05, 4.69) is 4.90 Å². The van der Waals surface area contributed by atoms with E-state index in [-0.39, 0.29) is 17.9 Å². The summed E-state index contributed by atoms with van der Waals surface area (Å²) in [5, 5.41) is 0. The molecule has 2 aliphatic heterocycles. The molecule has 6 nitrogen and oxygen atoms in total. The van der Waals surface area contributed by atoms with Crippen molar-refractivity contribution in [1.82, 2.24) is 14.7 Å². The lowest BCUT2D eigenvalue weighted by molar-refractivity contribution is -0.137. The smallest absolute Gasteiger partial charge is 0.239 e. The molecule has 2 fully saturated rings. The highest BCUT2D eigenvalue weighted by atomic mass is 16.2. The number of amides is 2. The van der Waals surface area contributed by atoms with Gasteiger partial charge in [0, 0.05) is 52.2 Å². The molecule has 1 atom stereocenters. The van der Waals surface area contributed by atoms with Gasteiger partial charge in [0.1, 0.15) is 0 Å². The lowest BCUT2D eigenvalue weighted by atomic mass is 10.2. The summed E-state index contributed by atoms with van der Waals surface area (Å²) in [7, 11) is 0. The molecule has 1 unspecified atom stereocenters. The first-order valence-corrected chi connectivity index (χ1v) is 7.64. The fourth-order valence-corrected chi connectivity index (χ4v) is 3.00. The van der Waals surface area contributed by atoms with Gasteiger partial charge in [0.2, 0.25) is 11.8 Å². The molecule has 0 spiro atoms. The standard InChI is InChI=1S/C14H26N4O2/c1-12(14(20)18-6-2-3-7-18)16-8-10-17(11-9-16)13(19)4-5-15/h12H,2-11,15H2,1H3. The van der Waals surface area contributed by atoms with Crippen LogP contribution in [-0.2, 0) is 9.59 Å². The van der Waals surface area contributed by atoms with Crippen molar-refractivity contribution in [3.8, 4) is 0 Å². The topological polar surface area (TPSA) is 69.9 Å². The van der Waals surface area contributed by atoms with E-state index in [0.717, 1.165) is 39.0 Å². The minimum Gasteiger partial charge on any atom is -0.341 e. The number of nitrogens with two attached hydrogens (primary N) is 1. The molecule has 0 aromatic heterocycles. The van der Waals surface area contributed by atoms with Crippen molar-refractivity contribution in [2.24, 2.45) is 5.73 Å². The Morgan fingerprint density at radius 1 is 1.00 bits per heavy atom. The molecule has 0 bridgehead atoms. The van der Waals surface area contributed by atoms with Crippen LogP contribution in [0.25, 0.3) is 0 Å². The fraction of sp³-hybridized carbons (Fsp3) is 0.857. The number of hydrogen-bond donors (Lipinski definition) is 1. The molecule has 0 radical (unpaired) electrons. The van der Waals surface area contributed by atoms with E-state index in [9.17, 15) is 9.59 Å². The van der Waals surface area contributed by atoms with E-state index in [4.69, 9.17) is 5.73 Å². The normalized spacial score (nSPS) is 22.1. The van der Waals surface area contributed by atoms with Crippen LogP contribution < -0.4 is 5.73 Å². The van der Waals surface area contributed by atoms with Crippen molar-refractivity contribution in [2.75, 3.05) is 45.8 Å². The van der Waals surface area contributed by atoms with Crippen LogP contribution in [0, 0.1) is 0 Å². The third kappa shape index (κ3) is 3.49. The Balaban J connectivity index is 1.80. The first-order chi connectivity index (χ1) is 9.63. The van der Waals surface area contributed by atoms with Crippen molar-refractivity contribution >= 4 is 11.8 Å². The number of rotatable bonds is 4. The summed E-state index contributed by atoms with van der Waals surface area (Å²) in [5.41, 5.74) is 5.41. The summed E-state index contributed by atoms with van der Waals surface area (Å²) in [5.74, 6) is 0.370. The van der Waals surface area contributed by atoms with E-state index in [0.29, 0.717) is 26.1 Å². The number of piperazine rings is 1. The molecule has 6 heteroatoms. The third-order valence-corrected chi connectivity index (χ3v) is 4.35. The maximum absolute atomic E-state index is 12.3. The van der Waals surface area contributed by atoms with Gasteiger partial charge in [-0.15, -0.1) is 0 Å². The van der Waals surface area contributed by atoms with Gasteiger partial charge in [-0.1, -0.05) is 0 Å². The number of likely N-dealkylation sites (tertiary alicyclic amines) is 1. The van der Waals surface area contributed by atoms with Crippen molar-refractivity contribution in [3.05, 3.63) is 0 Å². The summed E-state index contributed by atoms with van der Waals surface area (Å²) in [4.78, 5) is 30.1. The quantitative estimate of drug-likeness (QED) is 0.754. The van der Waals surface area contributed by atoms with Gasteiger partial charge in [0.05, 0.1) is 6.04 Å². The molecule has 0 saturated carbocycles. The monoisotopic (exact) mass is 282 g/mol. The van der Waals surface area contributed by atoms with E-state index < -0.39 is 0 Å². The van der Waals surface area contributed by atoms with Crippen LogP contribution in [0.4, 0.5) is 0 Å². The van der Waals surface area contributed by atoms with E-state index >= 15 is 0 Å². The van der Waals surface area contributed by atoms with Gasteiger partial charge in [-0.3, -0.25) is 14.5 Å². The Labute approximate surface area is 120 Å². The molecule has 0 aromatic carbocycles. The van der Waals surface area contributed by atoms with Gasteiger partial charge in [-0.2, -0.15) is 0 Å². The molecule has 2 rings (SSSR count). The number of carbonyl (C=O) groups is 2. The minimum absolute atomic E-state index is 0.0696. The largest absolute Gasteiger partial charge is 0.341 e. The predicted molar refractivity (Wildman–Crippen MR) is 77.1 cm³/mol. The third-order valence-electron chi connectivity index (χ3n) is 4.35. The summed E-state index contributed by atoms with van der Waals surface area (Å²) >= 11 is 0. The molecule has 2 saturated heterocycles. The van der Waals surface area contributed by atoms with Crippen molar-refractivity contribution in [1.29, 1.82) is 0 Å².